The van der Waals surface area contributed by atoms with Gasteiger partial charge >= 0.3 is 0 Å². The van der Waals surface area contributed by atoms with Gasteiger partial charge in [0.2, 0.25) is 15.9 Å². The molecule has 0 saturated carbocycles. The predicted molar refractivity (Wildman–Crippen MR) is 78.5 cm³/mol. The standard InChI is InChI=1S/C13H20FN3O3S/c1-9(2)7-16-13(18)8-17(3)21(19,20)10-4-5-12(15)11(14)6-10/h4-6,9H,7-8,15H2,1-3H3,(H,16,18). The Kier molecular flexibility index (Phi) is 5.68. The maximum Gasteiger partial charge on any atom is 0.243 e. The predicted octanol–water partition coefficient (Wildman–Crippen LogP) is 0.801. The van der Waals surface area contributed by atoms with E-state index in [1.807, 2.05) is 13.8 Å². The van der Waals surface area contributed by atoms with E-state index in [0.29, 0.717) is 6.54 Å². The zero-order valence-corrected chi connectivity index (χ0v) is 13.1. The Bertz CT molecular complexity index is 617. The van der Waals surface area contributed by atoms with E-state index in [1.165, 1.54) is 19.2 Å². The van der Waals surface area contributed by atoms with Crippen LogP contribution in [0.4, 0.5) is 10.1 Å². The summed E-state index contributed by atoms with van der Waals surface area (Å²) >= 11 is 0. The SMILES string of the molecule is CC(C)CNC(=O)CN(C)S(=O)(=O)c1ccc(N)c(F)c1. The van der Waals surface area contributed by atoms with Gasteiger partial charge in [0.05, 0.1) is 17.1 Å². The van der Waals surface area contributed by atoms with Crippen molar-refractivity contribution in [3.8, 4) is 0 Å². The Labute approximate surface area is 124 Å². The zero-order chi connectivity index (χ0) is 16.2. The quantitative estimate of drug-likeness (QED) is 0.759. The van der Waals surface area contributed by atoms with Crippen LogP contribution < -0.4 is 11.1 Å². The summed E-state index contributed by atoms with van der Waals surface area (Å²) in [6.45, 7) is 3.99. The average Bonchev–Trinajstić information content (AvgIpc) is 2.39. The second-order valence-corrected chi connectivity index (χ2v) is 7.19. The molecule has 1 aromatic rings. The van der Waals surface area contributed by atoms with Crippen molar-refractivity contribution >= 4 is 21.6 Å². The Morgan fingerprint density at radius 3 is 2.57 bits per heavy atom. The summed E-state index contributed by atoms with van der Waals surface area (Å²) in [6.07, 6.45) is 0. The van der Waals surface area contributed by atoms with E-state index in [-0.39, 0.29) is 23.0 Å². The molecule has 0 aliphatic rings. The van der Waals surface area contributed by atoms with Crippen LogP contribution in [-0.4, -0.2) is 38.8 Å². The summed E-state index contributed by atoms with van der Waals surface area (Å²) in [5.41, 5.74) is 5.18. The lowest BCUT2D eigenvalue weighted by atomic mass is 10.2. The molecule has 0 atom stereocenters. The van der Waals surface area contributed by atoms with Crippen molar-refractivity contribution < 1.29 is 17.6 Å². The maximum atomic E-state index is 13.4. The Balaban J connectivity index is 2.82. The average molecular weight is 317 g/mol. The van der Waals surface area contributed by atoms with Gasteiger partial charge in [-0.2, -0.15) is 4.31 Å². The summed E-state index contributed by atoms with van der Waals surface area (Å²) in [7, 11) is -2.67. The van der Waals surface area contributed by atoms with Gasteiger partial charge in [-0.25, -0.2) is 12.8 Å². The fourth-order valence-corrected chi connectivity index (χ4v) is 2.65. The minimum atomic E-state index is -3.93. The second kappa shape index (κ2) is 6.86. The first-order valence-corrected chi connectivity index (χ1v) is 7.86. The van der Waals surface area contributed by atoms with Gasteiger partial charge < -0.3 is 11.1 Å². The van der Waals surface area contributed by atoms with Gasteiger partial charge in [-0.15, -0.1) is 0 Å². The molecular formula is C13H20FN3O3S. The number of hydrogen-bond acceptors (Lipinski definition) is 4. The van der Waals surface area contributed by atoms with E-state index in [1.54, 1.807) is 0 Å². The Morgan fingerprint density at radius 1 is 1.43 bits per heavy atom. The third-order valence-corrected chi connectivity index (χ3v) is 4.55. The molecule has 21 heavy (non-hydrogen) atoms. The van der Waals surface area contributed by atoms with Crippen molar-refractivity contribution in [1.82, 2.24) is 9.62 Å². The number of nitrogens with zero attached hydrogens (tertiary/aromatic N) is 1. The molecule has 0 aromatic heterocycles. The fraction of sp³-hybridized carbons (Fsp3) is 0.462. The molecule has 0 unspecified atom stereocenters. The van der Waals surface area contributed by atoms with Crippen LogP contribution in [0.25, 0.3) is 0 Å². The number of amides is 1. The monoisotopic (exact) mass is 317 g/mol. The van der Waals surface area contributed by atoms with E-state index in [0.717, 1.165) is 10.4 Å². The number of anilines is 1. The second-order valence-electron chi connectivity index (χ2n) is 5.14. The minimum absolute atomic E-state index is 0.133. The molecule has 0 heterocycles. The summed E-state index contributed by atoms with van der Waals surface area (Å²) in [4.78, 5) is 11.4. The third-order valence-electron chi connectivity index (χ3n) is 2.75. The molecule has 0 aliphatic carbocycles. The van der Waals surface area contributed by atoms with Crippen LogP contribution in [0.5, 0.6) is 0 Å². The number of benzene rings is 1. The van der Waals surface area contributed by atoms with E-state index in [2.05, 4.69) is 5.32 Å². The first kappa shape index (κ1) is 17.4. The number of carbonyl (C=O) groups is 1. The third kappa shape index (κ3) is 4.68. The van der Waals surface area contributed by atoms with Crippen molar-refractivity contribution in [1.29, 1.82) is 0 Å². The van der Waals surface area contributed by atoms with E-state index in [4.69, 9.17) is 5.73 Å². The number of likely N-dealkylation sites (N-methyl/N-ethyl adjacent to an activating group) is 1. The zero-order valence-electron chi connectivity index (χ0n) is 12.3. The van der Waals surface area contributed by atoms with Gasteiger partial charge in [0.1, 0.15) is 5.82 Å². The van der Waals surface area contributed by atoms with Crippen molar-refractivity contribution in [2.75, 3.05) is 25.9 Å². The van der Waals surface area contributed by atoms with Crippen molar-refractivity contribution in [2.24, 2.45) is 5.92 Å². The molecule has 0 aliphatic heterocycles. The van der Waals surface area contributed by atoms with Crippen LogP contribution in [0.1, 0.15) is 13.8 Å². The topological polar surface area (TPSA) is 92.5 Å². The van der Waals surface area contributed by atoms with Crippen LogP contribution in [0.15, 0.2) is 23.1 Å². The van der Waals surface area contributed by atoms with Gasteiger partial charge in [0.25, 0.3) is 0 Å². The lowest BCUT2D eigenvalue weighted by Crippen LogP contribution is -2.39. The fourth-order valence-electron chi connectivity index (χ4n) is 1.51. The molecule has 0 spiro atoms. The van der Waals surface area contributed by atoms with Gasteiger partial charge in [0.15, 0.2) is 0 Å². The number of nitrogen functional groups attached to an aromatic ring is 1. The first-order valence-electron chi connectivity index (χ1n) is 6.42. The van der Waals surface area contributed by atoms with Crippen molar-refractivity contribution in [2.45, 2.75) is 18.7 Å². The van der Waals surface area contributed by atoms with Gasteiger partial charge in [0, 0.05) is 13.6 Å². The number of hydrogen-bond donors (Lipinski definition) is 2. The normalized spacial score (nSPS) is 11.9. The van der Waals surface area contributed by atoms with Crippen LogP contribution >= 0.6 is 0 Å². The molecule has 0 fully saturated rings. The van der Waals surface area contributed by atoms with Crippen molar-refractivity contribution in [3.05, 3.63) is 24.0 Å². The molecular weight excluding hydrogens is 297 g/mol. The van der Waals surface area contributed by atoms with Crippen LogP contribution in [0, 0.1) is 11.7 Å². The lowest BCUT2D eigenvalue weighted by molar-refractivity contribution is -0.121. The molecule has 0 radical (unpaired) electrons. The number of nitrogens with one attached hydrogen (secondary N) is 1. The molecule has 118 valence electrons. The van der Waals surface area contributed by atoms with Crippen LogP contribution in [-0.2, 0) is 14.8 Å². The van der Waals surface area contributed by atoms with E-state index >= 15 is 0 Å². The molecule has 3 N–H and O–H groups in total. The van der Waals surface area contributed by atoms with E-state index < -0.39 is 21.7 Å². The number of sulfonamides is 1. The number of rotatable bonds is 6. The molecule has 8 heteroatoms. The Hall–Kier alpha value is -1.67. The molecule has 1 rings (SSSR count). The van der Waals surface area contributed by atoms with Gasteiger partial charge in [-0.1, -0.05) is 13.8 Å². The van der Waals surface area contributed by atoms with Crippen molar-refractivity contribution in [3.63, 3.8) is 0 Å². The summed E-state index contributed by atoms with van der Waals surface area (Å²) in [6, 6.07) is 3.22. The number of carbonyl (C=O) groups excluding carboxylic acids is 1. The number of nitrogens with two attached hydrogens (primary N) is 1. The minimum Gasteiger partial charge on any atom is -0.396 e. The lowest BCUT2D eigenvalue weighted by Gasteiger charge is -2.17. The highest BCUT2D eigenvalue weighted by Gasteiger charge is 2.23. The molecule has 1 amide bonds. The summed E-state index contributed by atoms with van der Waals surface area (Å²) < 4.78 is 38.6. The van der Waals surface area contributed by atoms with E-state index in [9.17, 15) is 17.6 Å². The molecule has 0 saturated heterocycles. The molecule has 1 aromatic carbocycles. The highest BCUT2D eigenvalue weighted by Crippen LogP contribution is 2.19. The van der Waals surface area contributed by atoms with Crippen LogP contribution in [0.3, 0.4) is 0 Å². The highest BCUT2D eigenvalue weighted by molar-refractivity contribution is 7.89. The summed E-state index contributed by atoms with van der Waals surface area (Å²) in [5, 5.41) is 2.62. The highest BCUT2D eigenvalue weighted by atomic mass is 32.2. The maximum absolute atomic E-state index is 13.4. The number of halogens is 1. The largest absolute Gasteiger partial charge is 0.396 e. The smallest absolute Gasteiger partial charge is 0.243 e. The Morgan fingerprint density at radius 2 is 2.05 bits per heavy atom. The van der Waals surface area contributed by atoms with Gasteiger partial charge in [-0.05, 0) is 24.1 Å². The van der Waals surface area contributed by atoms with Crippen LogP contribution in [0.2, 0.25) is 0 Å². The summed E-state index contributed by atoms with van der Waals surface area (Å²) in [5.74, 6) is -0.957. The van der Waals surface area contributed by atoms with Gasteiger partial charge in [-0.3, -0.25) is 4.79 Å². The molecule has 6 nitrogen and oxygen atoms in total. The first-order chi connectivity index (χ1) is 9.64. The molecule has 0 bridgehead atoms.